The van der Waals surface area contributed by atoms with Gasteiger partial charge in [0.25, 0.3) is 0 Å². The van der Waals surface area contributed by atoms with E-state index < -0.39 is 0 Å². The average Bonchev–Trinajstić information content (AvgIpc) is 3.00. The molecule has 0 saturated heterocycles. The fourth-order valence-electron chi connectivity index (χ4n) is 3.26. The predicted octanol–water partition coefficient (Wildman–Crippen LogP) is 3.67. The monoisotopic (exact) mass is 358 g/mol. The Balaban J connectivity index is 1.56. The molecule has 1 heterocycles. The minimum atomic E-state index is 0.0756. The van der Waals surface area contributed by atoms with Gasteiger partial charge in [0.2, 0.25) is 5.91 Å². The van der Waals surface area contributed by atoms with E-state index in [2.05, 4.69) is 46.7 Å². The summed E-state index contributed by atoms with van der Waals surface area (Å²) >= 11 is 1.44. The lowest BCUT2D eigenvalue weighted by atomic mass is 9.89. The van der Waals surface area contributed by atoms with Crippen LogP contribution >= 0.6 is 11.8 Å². The minimum Gasteiger partial charge on any atom is -0.355 e. The Morgan fingerprint density at radius 3 is 2.60 bits per heavy atom. The van der Waals surface area contributed by atoms with Gasteiger partial charge in [-0.1, -0.05) is 48.7 Å². The molecule has 1 aliphatic rings. The van der Waals surface area contributed by atoms with Crippen LogP contribution in [0.5, 0.6) is 0 Å². The first-order valence-corrected chi connectivity index (χ1v) is 10.0. The maximum absolute atomic E-state index is 12.2. The molecule has 5 nitrogen and oxygen atoms in total. The molecule has 0 atom stereocenters. The first kappa shape index (κ1) is 18.0. The van der Waals surface area contributed by atoms with Gasteiger partial charge in [-0.3, -0.25) is 9.36 Å². The number of nitrogens with one attached hydrogen (secondary N) is 1. The van der Waals surface area contributed by atoms with E-state index in [0.717, 1.165) is 23.2 Å². The first-order valence-electron chi connectivity index (χ1n) is 9.02. The summed E-state index contributed by atoms with van der Waals surface area (Å²) < 4.78 is 2.00. The zero-order chi connectivity index (χ0) is 17.6. The van der Waals surface area contributed by atoms with Crippen LogP contribution in [0.15, 0.2) is 29.4 Å². The smallest absolute Gasteiger partial charge is 0.230 e. The molecular formula is C19H26N4OS. The van der Waals surface area contributed by atoms with E-state index in [4.69, 9.17) is 0 Å². The van der Waals surface area contributed by atoms with Crippen molar-refractivity contribution in [3.05, 3.63) is 35.7 Å². The molecule has 0 spiro atoms. The van der Waals surface area contributed by atoms with Crippen molar-refractivity contribution in [3.63, 3.8) is 0 Å². The van der Waals surface area contributed by atoms with Crippen LogP contribution in [0.4, 0.5) is 0 Å². The van der Waals surface area contributed by atoms with Crippen LogP contribution in [0.2, 0.25) is 0 Å². The van der Waals surface area contributed by atoms with Gasteiger partial charge in [-0.15, -0.1) is 10.2 Å². The highest BCUT2D eigenvalue weighted by Gasteiger charge is 2.16. The zero-order valence-electron chi connectivity index (χ0n) is 15.0. The summed E-state index contributed by atoms with van der Waals surface area (Å²) in [6.07, 6.45) is 6.43. The summed E-state index contributed by atoms with van der Waals surface area (Å²) in [5.74, 6) is 1.93. The molecule has 0 radical (unpaired) electrons. The molecule has 6 heteroatoms. The summed E-state index contributed by atoms with van der Waals surface area (Å²) in [7, 11) is 0. The number of carbonyl (C=O) groups excluding carboxylic acids is 1. The third-order valence-electron chi connectivity index (χ3n) is 4.73. The maximum atomic E-state index is 12.2. The van der Waals surface area contributed by atoms with E-state index in [1.165, 1.54) is 49.4 Å². The van der Waals surface area contributed by atoms with Crippen molar-refractivity contribution >= 4 is 17.7 Å². The van der Waals surface area contributed by atoms with Crippen LogP contribution in [0.3, 0.4) is 0 Å². The zero-order valence-corrected chi connectivity index (χ0v) is 15.8. The molecule has 2 aromatic rings. The van der Waals surface area contributed by atoms with Crippen LogP contribution in [0.25, 0.3) is 5.69 Å². The third-order valence-corrected chi connectivity index (χ3v) is 5.66. The fourth-order valence-corrected chi connectivity index (χ4v) is 4.09. The predicted molar refractivity (Wildman–Crippen MR) is 101 cm³/mol. The minimum absolute atomic E-state index is 0.0756. The van der Waals surface area contributed by atoms with E-state index in [1.54, 1.807) is 0 Å². The quantitative estimate of drug-likeness (QED) is 0.801. The van der Waals surface area contributed by atoms with Crippen LogP contribution in [-0.4, -0.2) is 33.0 Å². The van der Waals surface area contributed by atoms with E-state index in [0.29, 0.717) is 11.7 Å². The van der Waals surface area contributed by atoms with Crippen LogP contribution in [-0.2, 0) is 4.79 Å². The lowest BCUT2D eigenvalue weighted by Gasteiger charge is -2.21. The highest BCUT2D eigenvalue weighted by atomic mass is 32.2. The summed E-state index contributed by atoms with van der Waals surface area (Å²) in [4.78, 5) is 12.2. The number of rotatable bonds is 6. The number of hydrogen-bond acceptors (Lipinski definition) is 4. The molecule has 1 N–H and O–H groups in total. The van der Waals surface area contributed by atoms with Gasteiger partial charge in [0.05, 0.1) is 5.75 Å². The number of hydrogen-bond donors (Lipinski definition) is 1. The molecule has 0 aliphatic heterocycles. The molecular weight excluding hydrogens is 332 g/mol. The molecule has 134 valence electrons. The normalized spacial score (nSPS) is 15.3. The van der Waals surface area contributed by atoms with Crippen molar-refractivity contribution in [3.8, 4) is 5.69 Å². The molecule has 1 saturated carbocycles. The standard InChI is InChI=1S/C19H26N4OS/c1-14-8-10-17(11-9-14)23-15(2)21-22-19(23)25-13-18(24)20-12-16-6-4-3-5-7-16/h8-11,16H,3-7,12-13H2,1-2H3,(H,20,24). The van der Waals surface area contributed by atoms with Gasteiger partial charge in [0.1, 0.15) is 5.82 Å². The highest BCUT2D eigenvalue weighted by Crippen LogP contribution is 2.24. The van der Waals surface area contributed by atoms with E-state index in [1.807, 2.05) is 11.5 Å². The topological polar surface area (TPSA) is 59.8 Å². The fraction of sp³-hybridized carbons (Fsp3) is 0.526. The molecule has 0 bridgehead atoms. The second-order valence-corrected chi connectivity index (χ2v) is 7.74. The van der Waals surface area contributed by atoms with E-state index >= 15 is 0 Å². The Hall–Kier alpha value is -1.82. The van der Waals surface area contributed by atoms with Crippen molar-refractivity contribution in [1.82, 2.24) is 20.1 Å². The Bertz CT molecular complexity index is 705. The Morgan fingerprint density at radius 2 is 1.88 bits per heavy atom. The maximum Gasteiger partial charge on any atom is 0.230 e. The lowest BCUT2D eigenvalue weighted by Crippen LogP contribution is -2.31. The highest BCUT2D eigenvalue weighted by molar-refractivity contribution is 7.99. The van der Waals surface area contributed by atoms with Gasteiger partial charge in [0.15, 0.2) is 5.16 Å². The average molecular weight is 359 g/mol. The Morgan fingerprint density at radius 1 is 1.16 bits per heavy atom. The van der Waals surface area contributed by atoms with Crippen LogP contribution in [0, 0.1) is 19.8 Å². The van der Waals surface area contributed by atoms with Gasteiger partial charge in [0, 0.05) is 12.2 Å². The van der Waals surface area contributed by atoms with Gasteiger partial charge in [-0.05, 0) is 44.7 Å². The molecule has 0 unspecified atom stereocenters. The molecule has 1 aromatic heterocycles. The number of thioether (sulfide) groups is 1. The third kappa shape index (κ3) is 4.84. The van der Waals surface area contributed by atoms with Crippen molar-refractivity contribution < 1.29 is 4.79 Å². The van der Waals surface area contributed by atoms with Crippen molar-refractivity contribution in [1.29, 1.82) is 0 Å². The Kier molecular flexibility index (Phi) is 6.13. The van der Waals surface area contributed by atoms with E-state index in [9.17, 15) is 4.79 Å². The summed E-state index contributed by atoms with van der Waals surface area (Å²) in [5.41, 5.74) is 2.24. The van der Waals surface area contributed by atoms with Crippen molar-refractivity contribution in [2.24, 2.45) is 5.92 Å². The summed E-state index contributed by atoms with van der Waals surface area (Å²) in [5, 5.41) is 12.2. The summed E-state index contributed by atoms with van der Waals surface area (Å²) in [6, 6.07) is 8.25. The first-order chi connectivity index (χ1) is 12.1. The van der Waals surface area contributed by atoms with Gasteiger partial charge in [-0.2, -0.15) is 0 Å². The Labute approximate surface area is 153 Å². The molecule has 1 aliphatic carbocycles. The number of benzene rings is 1. The summed E-state index contributed by atoms with van der Waals surface area (Å²) in [6.45, 7) is 4.80. The molecule has 25 heavy (non-hydrogen) atoms. The molecule has 1 aromatic carbocycles. The second kappa shape index (κ2) is 8.52. The SMILES string of the molecule is Cc1ccc(-n2c(C)nnc2SCC(=O)NCC2CCCCC2)cc1. The number of aromatic nitrogens is 3. The molecule has 1 fully saturated rings. The molecule has 3 rings (SSSR count). The number of carbonyl (C=O) groups is 1. The second-order valence-electron chi connectivity index (χ2n) is 6.80. The van der Waals surface area contributed by atoms with Gasteiger partial charge in [-0.25, -0.2) is 0 Å². The number of amides is 1. The van der Waals surface area contributed by atoms with Crippen molar-refractivity contribution in [2.45, 2.75) is 51.1 Å². The lowest BCUT2D eigenvalue weighted by molar-refractivity contribution is -0.118. The van der Waals surface area contributed by atoms with Crippen LogP contribution in [0.1, 0.15) is 43.5 Å². The van der Waals surface area contributed by atoms with Gasteiger partial charge < -0.3 is 5.32 Å². The largest absolute Gasteiger partial charge is 0.355 e. The van der Waals surface area contributed by atoms with Gasteiger partial charge >= 0.3 is 0 Å². The number of aryl methyl sites for hydroxylation is 2. The van der Waals surface area contributed by atoms with E-state index in [-0.39, 0.29) is 5.91 Å². The van der Waals surface area contributed by atoms with Crippen LogP contribution < -0.4 is 5.32 Å². The number of nitrogens with zero attached hydrogens (tertiary/aromatic N) is 3. The van der Waals surface area contributed by atoms with Crippen molar-refractivity contribution in [2.75, 3.05) is 12.3 Å². The molecule has 1 amide bonds.